The Hall–Kier alpha value is -1.07. The summed E-state index contributed by atoms with van der Waals surface area (Å²) < 4.78 is 0.655. The molecule has 4 nitrogen and oxygen atoms in total. The van der Waals surface area contributed by atoms with E-state index in [0.717, 1.165) is 0 Å². The summed E-state index contributed by atoms with van der Waals surface area (Å²) in [7, 11) is 0. The summed E-state index contributed by atoms with van der Waals surface area (Å²) >= 11 is 9.45. The maximum absolute atomic E-state index is 12.6. The molecule has 1 atom stereocenters. The van der Waals surface area contributed by atoms with Gasteiger partial charge in [-0.2, -0.15) is 0 Å². The maximum atomic E-state index is 12.6. The van der Waals surface area contributed by atoms with Crippen LogP contribution in [0.4, 0.5) is 0 Å². The van der Waals surface area contributed by atoms with Gasteiger partial charge in [0.25, 0.3) is 5.91 Å². The molecular formula is C15H17BrClNO3. The molecule has 1 fully saturated rings. The van der Waals surface area contributed by atoms with E-state index >= 15 is 0 Å². The Morgan fingerprint density at radius 3 is 2.62 bits per heavy atom. The number of carboxylic acid groups (broad SMARTS) is 1. The standard InChI is InChI=1S/C15H17BrClNO3/c1-9(2)15(14(20)21)6-7-18(8-15)13(19)10-4-3-5-11(16)12(10)17/h3-5,9H,6-8H2,1-2H3,(H,20,21). The molecule has 0 aliphatic carbocycles. The minimum Gasteiger partial charge on any atom is -0.481 e. The molecule has 6 heteroatoms. The van der Waals surface area contributed by atoms with Crippen molar-refractivity contribution in [2.45, 2.75) is 20.3 Å². The lowest BCUT2D eigenvalue weighted by Gasteiger charge is -2.28. The Labute approximate surface area is 137 Å². The van der Waals surface area contributed by atoms with Crippen LogP contribution in [-0.4, -0.2) is 35.0 Å². The third-order valence-corrected chi connectivity index (χ3v) is 5.60. The van der Waals surface area contributed by atoms with E-state index in [0.29, 0.717) is 28.0 Å². The third kappa shape index (κ3) is 2.81. The normalized spacial score (nSPS) is 21.9. The molecule has 1 aliphatic rings. The van der Waals surface area contributed by atoms with Gasteiger partial charge in [-0.3, -0.25) is 9.59 Å². The highest BCUT2D eigenvalue weighted by Crippen LogP contribution is 2.39. The van der Waals surface area contributed by atoms with Gasteiger partial charge in [-0.25, -0.2) is 0 Å². The Morgan fingerprint density at radius 2 is 2.10 bits per heavy atom. The molecule has 1 aromatic carbocycles. The minimum atomic E-state index is -0.867. The SMILES string of the molecule is CC(C)C1(C(=O)O)CCN(C(=O)c2cccc(Br)c2Cl)C1. The molecule has 0 saturated carbocycles. The van der Waals surface area contributed by atoms with Crippen LogP contribution in [0.25, 0.3) is 0 Å². The molecule has 0 spiro atoms. The summed E-state index contributed by atoms with van der Waals surface area (Å²) in [6.45, 7) is 4.43. The van der Waals surface area contributed by atoms with Crippen LogP contribution in [0.2, 0.25) is 5.02 Å². The molecule has 1 heterocycles. The zero-order valence-corrected chi connectivity index (χ0v) is 14.2. The number of hydrogen-bond acceptors (Lipinski definition) is 2. The Kier molecular flexibility index (Phi) is 4.63. The number of carbonyl (C=O) groups is 2. The molecule has 0 bridgehead atoms. The number of benzene rings is 1. The lowest BCUT2D eigenvalue weighted by Crippen LogP contribution is -2.40. The summed E-state index contributed by atoms with van der Waals surface area (Å²) in [6.07, 6.45) is 0.470. The second-order valence-electron chi connectivity index (χ2n) is 5.69. The summed E-state index contributed by atoms with van der Waals surface area (Å²) in [5, 5.41) is 9.89. The van der Waals surface area contributed by atoms with E-state index in [1.165, 1.54) is 0 Å². The third-order valence-electron chi connectivity index (χ3n) is 4.30. The van der Waals surface area contributed by atoms with Crippen LogP contribution >= 0.6 is 27.5 Å². The van der Waals surface area contributed by atoms with Crippen molar-refractivity contribution in [2.75, 3.05) is 13.1 Å². The van der Waals surface area contributed by atoms with Crippen molar-refractivity contribution in [1.29, 1.82) is 0 Å². The van der Waals surface area contributed by atoms with Gasteiger partial charge >= 0.3 is 5.97 Å². The predicted octanol–water partition coefficient (Wildman–Crippen LogP) is 3.68. The molecule has 0 aromatic heterocycles. The Morgan fingerprint density at radius 1 is 1.43 bits per heavy atom. The molecule has 1 aromatic rings. The largest absolute Gasteiger partial charge is 0.481 e. The molecule has 1 saturated heterocycles. The van der Waals surface area contributed by atoms with Crippen molar-refractivity contribution in [3.63, 3.8) is 0 Å². The summed E-state index contributed by atoms with van der Waals surface area (Å²) in [5.74, 6) is -1.09. The second-order valence-corrected chi connectivity index (χ2v) is 6.93. The van der Waals surface area contributed by atoms with Gasteiger partial charge in [-0.15, -0.1) is 0 Å². The molecule has 2 rings (SSSR count). The molecule has 0 radical (unpaired) electrons. The zero-order chi connectivity index (χ0) is 15.8. The van der Waals surface area contributed by atoms with E-state index < -0.39 is 11.4 Å². The van der Waals surface area contributed by atoms with Gasteiger partial charge in [0.2, 0.25) is 0 Å². The molecule has 1 aliphatic heterocycles. The summed E-state index contributed by atoms with van der Waals surface area (Å²) in [5.41, 5.74) is -0.468. The lowest BCUT2D eigenvalue weighted by molar-refractivity contribution is -0.150. The molecule has 1 N–H and O–H groups in total. The average molecular weight is 375 g/mol. The lowest BCUT2D eigenvalue weighted by atomic mass is 9.76. The second kappa shape index (κ2) is 5.97. The topological polar surface area (TPSA) is 57.6 Å². The van der Waals surface area contributed by atoms with E-state index in [2.05, 4.69) is 15.9 Å². The number of carboxylic acids is 1. The predicted molar refractivity (Wildman–Crippen MR) is 84.6 cm³/mol. The van der Waals surface area contributed by atoms with Gasteiger partial charge in [0, 0.05) is 17.6 Å². The monoisotopic (exact) mass is 373 g/mol. The van der Waals surface area contributed by atoms with Crippen LogP contribution < -0.4 is 0 Å². The van der Waals surface area contributed by atoms with E-state index in [4.69, 9.17) is 11.6 Å². The average Bonchev–Trinajstić information content (AvgIpc) is 2.87. The van der Waals surface area contributed by atoms with Crippen molar-refractivity contribution in [3.05, 3.63) is 33.3 Å². The van der Waals surface area contributed by atoms with E-state index in [1.807, 2.05) is 13.8 Å². The molecule has 1 unspecified atom stereocenters. The first-order valence-corrected chi connectivity index (χ1v) is 7.93. The van der Waals surface area contributed by atoms with E-state index in [9.17, 15) is 14.7 Å². The quantitative estimate of drug-likeness (QED) is 0.878. The fraction of sp³-hybridized carbons (Fsp3) is 0.467. The van der Waals surface area contributed by atoms with Crippen molar-refractivity contribution >= 4 is 39.4 Å². The van der Waals surface area contributed by atoms with Crippen LogP contribution in [0.5, 0.6) is 0 Å². The van der Waals surface area contributed by atoms with Crippen molar-refractivity contribution in [3.8, 4) is 0 Å². The number of hydrogen-bond donors (Lipinski definition) is 1. The van der Waals surface area contributed by atoms with Gasteiger partial charge < -0.3 is 10.0 Å². The number of nitrogens with zero attached hydrogens (tertiary/aromatic N) is 1. The summed E-state index contributed by atoms with van der Waals surface area (Å²) in [6, 6.07) is 5.16. The van der Waals surface area contributed by atoms with Gasteiger partial charge in [0.1, 0.15) is 0 Å². The van der Waals surface area contributed by atoms with Crippen LogP contribution in [0.1, 0.15) is 30.6 Å². The maximum Gasteiger partial charge on any atom is 0.311 e. The van der Waals surface area contributed by atoms with Crippen LogP contribution in [-0.2, 0) is 4.79 Å². The highest BCUT2D eigenvalue weighted by Gasteiger charge is 2.48. The first kappa shape index (κ1) is 16.3. The fourth-order valence-electron chi connectivity index (χ4n) is 2.74. The van der Waals surface area contributed by atoms with E-state index in [-0.39, 0.29) is 18.4 Å². The number of carbonyl (C=O) groups excluding carboxylic acids is 1. The minimum absolute atomic E-state index is 0.0363. The number of likely N-dealkylation sites (tertiary alicyclic amines) is 1. The van der Waals surface area contributed by atoms with Gasteiger partial charge in [-0.1, -0.05) is 31.5 Å². The summed E-state index contributed by atoms with van der Waals surface area (Å²) in [4.78, 5) is 25.8. The molecule has 21 heavy (non-hydrogen) atoms. The first-order valence-electron chi connectivity index (χ1n) is 6.76. The van der Waals surface area contributed by atoms with Gasteiger partial charge in [0.15, 0.2) is 0 Å². The Bertz CT molecular complexity index is 590. The van der Waals surface area contributed by atoms with Crippen molar-refractivity contribution in [1.82, 2.24) is 4.90 Å². The number of amides is 1. The highest BCUT2D eigenvalue weighted by atomic mass is 79.9. The van der Waals surface area contributed by atoms with Gasteiger partial charge in [-0.05, 0) is 40.4 Å². The van der Waals surface area contributed by atoms with Gasteiger partial charge in [0.05, 0.1) is 16.0 Å². The fourth-order valence-corrected chi connectivity index (χ4v) is 3.31. The highest BCUT2D eigenvalue weighted by molar-refractivity contribution is 9.10. The molecule has 114 valence electrons. The number of rotatable bonds is 3. The molecule has 1 amide bonds. The van der Waals surface area contributed by atoms with Crippen LogP contribution in [0.15, 0.2) is 22.7 Å². The molecular weight excluding hydrogens is 358 g/mol. The van der Waals surface area contributed by atoms with Crippen molar-refractivity contribution < 1.29 is 14.7 Å². The number of aliphatic carboxylic acids is 1. The smallest absolute Gasteiger partial charge is 0.311 e. The Balaban J connectivity index is 2.27. The number of halogens is 2. The van der Waals surface area contributed by atoms with Crippen LogP contribution in [0, 0.1) is 11.3 Å². The van der Waals surface area contributed by atoms with E-state index in [1.54, 1.807) is 23.1 Å². The van der Waals surface area contributed by atoms with Crippen LogP contribution in [0.3, 0.4) is 0 Å². The van der Waals surface area contributed by atoms with Crippen molar-refractivity contribution in [2.24, 2.45) is 11.3 Å². The zero-order valence-electron chi connectivity index (χ0n) is 11.9. The first-order chi connectivity index (χ1) is 9.79.